The summed E-state index contributed by atoms with van der Waals surface area (Å²) < 4.78 is 0. The highest BCUT2D eigenvalue weighted by molar-refractivity contribution is 5.86. The van der Waals surface area contributed by atoms with Gasteiger partial charge in [-0.05, 0) is 32.6 Å². The number of hydrogen-bond acceptors (Lipinski definition) is 3. The Labute approximate surface area is 150 Å². The molecular formula is C19H32O6. The van der Waals surface area contributed by atoms with Gasteiger partial charge in [0.15, 0.2) is 0 Å². The Hall–Kier alpha value is -2.37. The van der Waals surface area contributed by atoms with E-state index in [0.29, 0.717) is 24.0 Å². The standard InChI is InChI=1S/C8H14O2.C7H12O2.C4H6O2/c1-3-4-5-6-7(2)8(9)10;1-3-4-5-6(2)7(8)9;1-3(2)4(5)6/h2-6H2,1H3,(H,9,10);2-5H2,1H3,(H,8,9);1H2,2H3,(H,5,6). The predicted molar refractivity (Wildman–Crippen MR) is 99.7 cm³/mol. The summed E-state index contributed by atoms with van der Waals surface area (Å²) in [7, 11) is 0. The first-order valence-corrected chi connectivity index (χ1v) is 8.22. The van der Waals surface area contributed by atoms with Crippen LogP contribution in [0.25, 0.3) is 0 Å². The number of aliphatic carboxylic acids is 3. The molecule has 0 unspecified atom stereocenters. The van der Waals surface area contributed by atoms with Gasteiger partial charge in [0.05, 0.1) is 0 Å². The first-order valence-electron chi connectivity index (χ1n) is 8.22. The average Bonchev–Trinajstić information content (AvgIpc) is 2.53. The van der Waals surface area contributed by atoms with Gasteiger partial charge in [-0.2, -0.15) is 0 Å². The highest BCUT2D eigenvalue weighted by Gasteiger charge is 2.01. The fraction of sp³-hybridized carbons (Fsp3) is 0.526. The van der Waals surface area contributed by atoms with Crippen LogP contribution in [0.1, 0.15) is 65.7 Å². The zero-order valence-corrected chi connectivity index (χ0v) is 15.6. The minimum atomic E-state index is -0.935. The van der Waals surface area contributed by atoms with Crippen LogP contribution in [0.2, 0.25) is 0 Å². The van der Waals surface area contributed by atoms with Crippen LogP contribution in [-0.4, -0.2) is 33.2 Å². The van der Waals surface area contributed by atoms with E-state index in [-0.39, 0.29) is 5.57 Å². The molecule has 0 aliphatic rings. The van der Waals surface area contributed by atoms with E-state index in [9.17, 15) is 14.4 Å². The first-order chi connectivity index (χ1) is 11.5. The lowest BCUT2D eigenvalue weighted by Gasteiger charge is -1.97. The minimum Gasteiger partial charge on any atom is -0.478 e. The third-order valence-electron chi connectivity index (χ3n) is 2.88. The Morgan fingerprint density at radius 1 is 0.680 bits per heavy atom. The zero-order valence-electron chi connectivity index (χ0n) is 15.6. The Balaban J connectivity index is -0.000000300. The number of carboxylic acids is 3. The van der Waals surface area contributed by atoms with Gasteiger partial charge in [-0.25, -0.2) is 14.4 Å². The number of unbranched alkanes of at least 4 members (excludes halogenated alkanes) is 3. The summed E-state index contributed by atoms with van der Waals surface area (Å²) in [5.74, 6) is -2.67. The molecule has 0 aromatic carbocycles. The molecule has 0 amide bonds. The number of hydrogen-bond donors (Lipinski definition) is 3. The molecule has 6 nitrogen and oxygen atoms in total. The number of carbonyl (C=O) groups is 3. The lowest BCUT2D eigenvalue weighted by molar-refractivity contribution is -0.133. The lowest BCUT2D eigenvalue weighted by Crippen LogP contribution is -1.98. The molecule has 0 saturated heterocycles. The van der Waals surface area contributed by atoms with Crippen LogP contribution in [0.5, 0.6) is 0 Å². The van der Waals surface area contributed by atoms with Crippen LogP contribution in [0.4, 0.5) is 0 Å². The SMILES string of the molecule is C=C(C)C(=O)O.C=C(CCCC)C(=O)O.C=C(CCCCC)C(=O)O. The summed E-state index contributed by atoms with van der Waals surface area (Å²) >= 11 is 0. The van der Waals surface area contributed by atoms with E-state index in [4.69, 9.17) is 15.3 Å². The van der Waals surface area contributed by atoms with E-state index in [2.05, 4.69) is 26.7 Å². The zero-order chi connectivity index (χ0) is 20.4. The largest absolute Gasteiger partial charge is 0.478 e. The summed E-state index contributed by atoms with van der Waals surface area (Å²) in [4.78, 5) is 29.9. The lowest BCUT2D eigenvalue weighted by atomic mass is 10.1. The minimum absolute atomic E-state index is 0.176. The van der Waals surface area contributed by atoms with Crippen molar-refractivity contribution in [2.45, 2.75) is 65.7 Å². The van der Waals surface area contributed by atoms with Crippen molar-refractivity contribution >= 4 is 17.9 Å². The van der Waals surface area contributed by atoms with E-state index in [0.717, 1.165) is 32.1 Å². The van der Waals surface area contributed by atoms with Gasteiger partial charge in [0.25, 0.3) is 0 Å². The molecular weight excluding hydrogens is 324 g/mol. The topological polar surface area (TPSA) is 112 Å². The van der Waals surface area contributed by atoms with E-state index >= 15 is 0 Å². The van der Waals surface area contributed by atoms with Crippen molar-refractivity contribution in [3.8, 4) is 0 Å². The smallest absolute Gasteiger partial charge is 0.330 e. The van der Waals surface area contributed by atoms with Gasteiger partial charge in [-0.15, -0.1) is 0 Å². The van der Waals surface area contributed by atoms with E-state index in [1.165, 1.54) is 6.92 Å². The van der Waals surface area contributed by atoms with Gasteiger partial charge in [0.2, 0.25) is 0 Å². The summed E-state index contributed by atoms with van der Waals surface area (Å²) in [6.45, 7) is 15.5. The molecule has 0 radical (unpaired) electrons. The second-order valence-electron chi connectivity index (χ2n) is 5.46. The Morgan fingerprint density at radius 2 is 1.00 bits per heavy atom. The normalized spacial score (nSPS) is 8.76. The van der Waals surface area contributed by atoms with E-state index in [1.807, 2.05) is 6.92 Å². The molecule has 0 heterocycles. The first kappa shape index (κ1) is 27.5. The van der Waals surface area contributed by atoms with Crippen molar-refractivity contribution in [2.75, 3.05) is 0 Å². The fourth-order valence-electron chi connectivity index (χ4n) is 1.19. The molecule has 0 aromatic heterocycles. The summed E-state index contributed by atoms with van der Waals surface area (Å²) in [6, 6.07) is 0. The van der Waals surface area contributed by atoms with Crippen LogP contribution < -0.4 is 0 Å². The van der Waals surface area contributed by atoms with Gasteiger partial charge in [0.1, 0.15) is 0 Å². The molecule has 0 saturated carbocycles. The molecule has 144 valence electrons. The molecule has 0 aliphatic carbocycles. The number of carboxylic acid groups (broad SMARTS) is 3. The third kappa shape index (κ3) is 24.0. The van der Waals surface area contributed by atoms with Gasteiger partial charge in [0, 0.05) is 16.7 Å². The van der Waals surface area contributed by atoms with Gasteiger partial charge >= 0.3 is 17.9 Å². The Kier molecular flexibility index (Phi) is 19.8. The summed E-state index contributed by atoms with van der Waals surface area (Å²) in [6.07, 6.45) is 6.34. The highest BCUT2D eigenvalue weighted by atomic mass is 16.4. The molecule has 0 spiro atoms. The monoisotopic (exact) mass is 356 g/mol. The maximum Gasteiger partial charge on any atom is 0.330 e. The molecule has 3 N–H and O–H groups in total. The van der Waals surface area contributed by atoms with Crippen molar-refractivity contribution in [3.05, 3.63) is 36.5 Å². The molecule has 0 atom stereocenters. The third-order valence-corrected chi connectivity index (χ3v) is 2.88. The average molecular weight is 356 g/mol. The predicted octanol–water partition coefficient (Wildman–Crippen LogP) is 4.67. The summed E-state index contributed by atoms with van der Waals surface area (Å²) in [5.41, 5.74) is 0.820. The molecule has 0 bridgehead atoms. The molecule has 6 heteroatoms. The summed E-state index contributed by atoms with van der Waals surface area (Å²) in [5, 5.41) is 24.6. The second-order valence-corrected chi connectivity index (χ2v) is 5.46. The van der Waals surface area contributed by atoms with Crippen molar-refractivity contribution < 1.29 is 29.7 Å². The van der Waals surface area contributed by atoms with Crippen LogP contribution >= 0.6 is 0 Å². The Morgan fingerprint density at radius 3 is 1.24 bits per heavy atom. The van der Waals surface area contributed by atoms with Crippen molar-refractivity contribution in [1.82, 2.24) is 0 Å². The number of rotatable bonds is 10. The van der Waals surface area contributed by atoms with Gasteiger partial charge in [-0.3, -0.25) is 0 Å². The molecule has 25 heavy (non-hydrogen) atoms. The fourth-order valence-corrected chi connectivity index (χ4v) is 1.19. The highest BCUT2D eigenvalue weighted by Crippen LogP contribution is 2.06. The van der Waals surface area contributed by atoms with Crippen LogP contribution in [0.3, 0.4) is 0 Å². The van der Waals surface area contributed by atoms with Crippen LogP contribution in [0.15, 0.2) is 36.5 Å². The second kappa shape index (κ2) is 18.0. The molecule has 0 rings (SSSR count). The molecule has 0 fully saturated rings. The van der Waals surface area contributed by atoms with Crippen molar-refractivity contribution in [2.24, 2.45) is 0 Å². The van der Waals surface area contributed by atoms with Crippen LogP contribution in [-0.2, 0) is 14.4 Å². The maximum atomic E-state index is 10.2. The van der Waals surface area contributed by atoms with E-state index in [1.54, 1.807) is 0 Å². The van der Waals surface area contributed by atoms with Crippen LogP contribution in [0, 0.1) is 0 Å². The van der Waals surface area contributed by atoms with E-state index < -0.39 is 17.9 Å². The Bertz CT molecular complexity index is 451. The maximum absolute atomic E-state index is 10.2. The molecule has 0 aliphatic heterocycles. The van der Waals surface area contributed by atoms with Gasteiger partial charge < -0.3 is 15.3 Å². The molecule has 0 aromatic rings. The van der Waals surface area contributed by atoms with Crippen molar-refractivity contribution in [1.29, 1.82) is 0 Å². The van der Waals surface area contributed by atoms with Crippen molar-refractivity contribution in [3.63, 3.8) is 0 Å². The van der Waals surface area contributed by atoms with Gasteiger partial charge in [-0.1, -0.05) is 52.8 Å². The quantitative estimate of drug-likeness (QED) is 0.387.